The summed E-state index contributed by atoms with van der Waals surface area (Å²) in [6, 6.07) is 3.40. The van der Waals surface area contributed by atoms with Gasteiger partial charge in [0, 0.05) is 6.08 Å². The van der Waals surface area contributed by atoms with Crippen LogP contribution in [0.4, 0.5) is 0 Å². The number of methoxy groups -OCH3 is 4. The lowest BCUT2D eigenvalue weighted by molar-refractivity contribution is -0.140. The van der Waals surface area contributed by atoms with Gasteiger partial charge >= 0.3 is 5.97 Å². The third kappa shape index (κ3) is 4.69. The molecule has 1 amide bonds. The number of carbonyl (C=O) groups excluding carboxylic acids is 2. The van der Waals surface area contributed by atoms with E-state index in [-0.39, 0.29) is 6.54 Å². The minimum Gasteiger partial charge on any atom is -0.493 e. The van der Waals surface area contributed by atoms with Crippen molar-refractivity contribution in [3.05, 3.63) is 23.8 Å². The van der Waals surface area contributed by atoms with Crippen LogP contribution in [0.1, 0.15) is 5.56 Å². The Morgan fingerprint density at radius 3 is 2.09 bits per heavy atom. The molecule has 0 aliphatic rings. The molecule has 1 aromatic rings. The normalized spacial score (nSPS) is 10.2. The lowest BCUT2D eigenvalue weighted by atomic mass is 10.1. The van der Waals surface area contributed by atoms with Gasteiger partial charge in [-0.2, -0.15) is 0 Å². The van der Waals surface area contributed by atoms with E-state index in [1.54, 1.807) is 18.2 Å². The molecule has 7 heteroatoms. The number of esters is 1. The average Bonchev–Trinajstić information content (AvgIpc) is 2.56. The number of benzene rings is 1. The van der Waals surface area contributed by atoms with Gasteiger partial charge in [-0.05, 0) is 23.8 Å². The van der Waals surface area contributed by atoms with Gasteiger partial charge in [0.05, 0.1) is 28.4 Å². The Hall–Kier alpha value is -2.70. The molecule has 22 heavy (non-hydrogen) atoms. The monoisotopic (exact) mass is 309 g/mol. The van der Waals surface area contributed by atoms with E-state index in [0.29, 0.717) is 22.8 Å². The van der Waals surface area contributed by atoms with Gasteiger partial charge in [0.15, 0.2) is 11.5 Å². The Morgan fingerprint density at radius 2 is 1.64 bits per heavy atom. The lowest BCUT2D eigenvalue weighted by Crippen LogP contribution is -2.28. The van der Waals surface area contributed by atoms with Crippen molar-refractivity contribution in [1.82, 2.24) is 5.32 Å². The van der Waals surface area contributed by atoms with Crippen molar-refractivity contribution in [2.75, 3.05) is 35.0 Å². The lowest BCUT2D eigenvalue weighted by Gasteiger charge is -2.12. The maximum absolute atomic E-state index is 11.6. The van der Waals surface area contributed by atoms with Gasteiger partial charge in [0.1, 0.15) is 6.54 Å². The van der Waals surface area contributed by atoms with E-state index in [1.807, 2.05) is 0 Å². The van der Waals surface area contributed by atoms with E-state index in [1.165, 1.54) is 34.5 Å². The summed E-state index contributed by atoms with van der Waals surface area (Å²) in [6.45, 7) is -0.186. The van der Waals surface area contributed by atoms with Crippen LogP contribution in [0.3, 0.4) is 0 Å². The fraction of sp³-hybridized carbons (Fsp3) is 0.333. The Labute approximate surface area is 128 Å². The molecule has 0 saturated heterocycles. The smallest absolute Gasteiger partial charge is 0.325 e. The number of ether oxygens (including phenoxy) is 4. The first-order valence-electron chi connectivity index (χ1n) is 6.38. The van der Waals surface area contributed by atoms with E-state index in [4.69, 9.17) is 14.2 Å². The van der Waals surface area contributed by atoms with Crippen LogP contribution in [0, 0.1) is 0 Å². The average molecular weight is 309 g/mol. The molecule has 0 aliphatic heterocycles. The topological polar surface area (TPSA) is 83.1 Å². The zero-order valence-corrected chi connectivity index (χ0v) is 13.0. The molecule has 0 fully saturated rings. The van der Waals surface area contributed by atoms with Gasteiger partial charge in [-0.15, -0.1) is 0 Å². The molecule has 0 spiro atoms. The summed E-state index contributed by atoms with van der Waals surface area (Å²) in [5, 5.41) is 2.40. The molecule has 0 saturated carbocycles. The maximum atomic E-state index is 11.6. The van der Waals surface area contributed by atoms with E-state index in [9.17, 15) is 9.59 Å². The van der Waals surface area contributed by atoms with Crippen molar-refractivity contribution in [3.8, 4) is 17.2 Å². The van der Waals surface area contributed by atoms with Gasteiger partial charge in [-0.3, -0.25) is 9.59 Å². The van der Waals surface area contributed by atoms with Crippen LogP contribution >= 0.6 is 0 Å². The van der Waals surface area contributed by atoms with Crippen molar-refractivity contribution in [2.45, 2.75) is 0 Å². The fourth-order valence-corrected chi connectivity index (χ4v) is 1.66. The van der Waals surface area contributed by atoms with E-state index in [0.717, 1.165) is 0 Å². The summed E-state index contributed by atoms with van der Waals surface area (Å²) >= 11 is 0. The number of amides is 1. The fourth-order valence-electron chi connectivity index (χ4n) is 1.66. The van der Waals surface area contributed by atoms with E-state index in [2.05, 4.69) is 10.1 Å². The molecule has 7 nitrogen and oxygen atoms in total. The Bertz CT molecular complexity index is 542. The number of nitrogens with one attached hydrogen (secondary N) is 1. The third-order valence-corrected chi connectivity index (χ3v) is 2.75. The second kappa shape index (κ2) is 8.56. The summed E-state index contributed by atoms with van der Waals surface area (Å²) < 4.78 is 20.1. The molecule has 0 aromatic heterocycles. The van der Waals surface area contributed by atoms with Crippen LogP contribution in [0.2, 0.25) is 0 Å². The molecule has 1 rings (SSSR count). The molecule has 0 unspecified atom stereocenters. The van der Waals surface area contributed by atoms with Crippen LogP contribution in [0.5, 0.6) is 17.2 Å². The Balaban J connectivity index is 2.86. The number of hydrogen-bond acceptors (Lipinski definition) is 6. The Morgan fingerprint density at radius 1 is 1.05 bits per heavy atom. The molecular weight excluding hydrogens is 290 g/mol. The molecule has 0 bridgehead atoms. The second-order valence-corrected chi connectivity index (χ2v) is 4.09. The maximum Gasteiger partial charge on any atom is 0.325 e. The molecule has 1 aromatic carbocycles. The summed E-state index contributed by atoms with van der Waals surface area (Å²) in [6.07, 6.45) is 2.86. The van der Waals surface area contributed by atoms with Crippen molar-refractivity contribution in [1.29, 1.82) is 0 Å². The van der Waals surface area contributed by atoms with Crippen LogP contribution < -0.4 is 19.5 Å². The highest BCUT2D eigenvalue weighted by Gasteiger charge is 2.12. The first kappa shape index (κ1) is 17.4. The Kier molecular flexibility index (Phi) is 6.75. The molecule has 120 valence electrons. The predicted octanol–water partition coefficient (Wildman–Crippen LogP) is 1.01. The third-order valence-electron chi connectivity index (χ3n) is 2.75. The summed E-state index contributed by atoms with van der Waals surface area (Å²) in [5.41, 5.74) is 0.683. The summed E-state index contributed by atoms with van der Waals surface area (Å²) in [7, 11) is 5.78. The molecule has 0 heterocycles. The van der Waals surface area contributed by atoms with Crippen LogP contribution in [-0.4, -0.2) is 46.9 Å². The molecule has 0 radical (unpaired) electrons. The second-order valence-electron chi connectivity index (χ2n) is 4.09. The minimum absolute atomic E-state index is 0.186. The van der Waals surface area contributed by atoms with Crippen molar-refractivity contribution >= 4 is 18.0 Å². The predicted molar refractivity (Wildman–Crippen MR) is 80.2 cm³/mol. The van der Waals surface area contributed by atoms with Crippen molar-refractivity contribution < 1.29 is 28.5 Å². The first-order chi connectivity index (χ1) is 10.5. The van der Waals surface area contributed by atoms with Crippen molar-refractivity contribution in [3.63, 3.8) is 0 Å². The highest BCUT2D eigenvalue weighted by Crippen LogP contribution is 2.38. The minimum atomic E-state index is -0.519. The van der Waals surface area contributed by atoms with Gasteiger partial charge in [-0.25, -0.2) is 0 Å². The standard InChI is InChI=1S/C15H19NO6/c1-19-11-7-10(8-12(20-2)15(11)22-4)5-6-13(17)16-9-14(18)21-3/h5-8H,9H2,1-4H3,(H,16,17)/b6-5+. The van der Waals surface area contributed by atoms with E-state index >= 15 is 0 Å². The number of carbonyl (C=O) groups is 2. The molecular formula is C15H19NO6. The van der Waals surface area contributed by atoms with Gasteiger partial charge in [0.25, 0.3) is 0 Å². The van der Waals surface area contributed by atoms with Gasteiger partial charge in [-0.1, -0.05) is 0 Å². The molecule has 1 N–H and O–H groups in total. The number of hydrogen-bond donors (Lipinski definition) is 1. The van der Waals surface area contributed by atoms with E-state index < -0.39 is 11.9 Å². The number of rotatable bonds is 7. The van der Waals surface area contributed by atoms with Gasteiger partial charge < -0.3 is 24.3 Å². The largest absolute Gasteiger partial charge is 0.493 e. The van der Waals surface area contributed by atoms with Crippen LogP contribution in [0.25, 0.3) is 6.08 Å². The SMILES string of the molecule is COC(=O)CNC(=O)/C=C/c1cc(OC)c(OC)c(OC)c1. The quantitative estimate of drug-likeness (QED) is 0.598. The zero-order valence-electron chi connectivity index (χ0n) is 13.0. The molecule has 0 aliphatic carbocycles. The molecule has 0 atom stereocenters. The van der Waals surface area contributed by atoms with Crippen LogP contribution in [0.15, 0.2) is 18.2 Å². The summed E-state index contributed by atoms with van der Waals surface area (Å²) in [4.78, 5) is 22.5. The highest BCUT2D eigenvalue weighted by atomic mass is 16.5. The van der Waals surface area contributed by atoms with Gasteiger partial charge in [0.2, 0.25) is 11.7 Å². The first-order valence-corrected chi connectivity index (χ1v) is 6.38. The van der Waals surface area contributed by atoms with Crippen LogP contribution in [-0.2, 0) is 14.3 Å². The van der Waals surface area contributed by atoms with Crippen molar-refractivity contribution in [2.24, 2.45) is 0 Å². The zero-order chi connectivity index (χ0) is 16.5. The highest BCUT2D eigenvalue weighted by molar-refractivity contribution is 5.93. The summed E-state index contributed by atoms with van der Waals surface area (Å²) in [5.74, 6) is 0.499.